The highest BCUT2D eigenvalue weighted by Crippen LogP contribution is 2.28. The number of benzene rings is 2. The molecule has 0 atom stereocenters. The third kappa shape index (κ3) is 4.83. The summed E-state index contributed by atoms with van der Waals surface area (Å²) in [5.74, 6) is 0.953. The Balaban J connectivity index is 1.66. The van der Waals surface area contributed by atoms with Crippen molar-refractivity contribution in [3.05, 3.63) is 95.3 Å². The van der Waals surface area contributed by atoms with E-state index in [4.69, 9.17) is 4.98 Å². The van der Waals surface area contributed by atoms with Crippen LogP contribution < -0.4 is 10.9 Å². The first kappa shape index (κ1) is 20.8. The topological polar surface area (TPSA) is 59.8 Å². The molecule has 0 amide bonds. The minimum atomic E-state index is -0.354. The number of hydrogen-bond acceptors (Lipinski definition) is 5. The first-order valence-electron chi connectivity index (χ1n) is 9.82. The molecule has 7 heteroatoms. The summed E-state index contributed by atoms with van der Waals surface area (Å²) in [6, 6.07) is 19.7. The van der Waals surface area contributed by atoms with Crippen molar-refractivity contribution in [2.45, 2.75) is 4.90 Å². The van der Waals surface area contributed by atoms with E-state index >= 15 is 0 Å². The lowest BCUT2D eigenvalue weighted by Crippen LogP contribution is -2.25. The number of pyridine rings is 1. The van der Waals surface area contributed by atoms with E-state index in [1.54, 1.807) is 43.3 Å². The molecule has 4 rings (SSSR count). The Morgan fingerprint density at radius 3 is 2.39 bits per heavy atom. The summed E-state index contributed by atoms with van der Waals surface area (Å²) in [6.07, 6.45) is 3.32. The van der Waals surface area contributed by atoms with Gasteiger partial charge >= 0.3 is 0 Å². The molecule has 31 heavy (non-hydrogen) atoms. The average molecular weight is 433 g/mol. The van der Waals surface area contributed by atoms with Crippen LogP contribution in [0, 0.1) is 5.82 Å². The van der Waals surface area contributed by atoms with Crippen LogP contribution >= 0.6 is 11.8 Å². The Morgan fingerprint density at radius 2 is 1.68 bits per heavy atom. The van der Waals surface area contributed by atoms with Gasteiger partial charge in [-0.2, -0.15) is 0 Å². The van der Waals surface area contributed by atoms with Crippen LogP contribution in [-0.4, -0.2) is 26.8 Å². The van der Waals surface area contributed by atoms with Crippen LogP contribution in [0.3, 0.4) is 0 Å². The van der Waals surface area contributed by atoms with E-state index in [0.717, 1.165) is 11.3 Å². The maximum Gasteiger partial charge on any atom is 0.263 e. The number of nitrogens with one attached hydrogen (secondary N) is 1. The zero-order valence-electron chi connectivity index (χ0n) is 17.0. The lowest BCUT2D eigenvalue weighted by Gasteiger charge is -2.16. The van der Waals surface area contributed by atoms with Gasteiger partial charge in [0.1, 0.15) is 5.82 Å². The molecule has 156 valence electrons. The van der Waals surface area contributed by atoms with Crippen LogP contribution in [-0.2, 0) is 7.05 Å². The molecule has 0 saturated heterocycles. The smallest absolute Gasteiger partial charge is 0.263 e. The Kier molecular flexibility index (Phi) is 6.43. The fourth-order valence-electron chi connectivity index (χ4n) is 3.20. The van der Waals surface area contributed by atoms with E-state index in [1.165, 1.54) is 21.6 Å². The van der Waals surface area contributed by atoms with E-state index in [0.29, 0.717) is 29.3 Å². The zero-order valence-corrected chi connectivity index (χ0v) is 17.8. The summed E-state index contributed by atoms with van der Waals surface area (Å²) in [7, 11) is 1.69. The number of hydrogen-bond donors (Lipinski definition) is 1. The summed E-state index contributed by atoms with van der Waals surface area (Å²) in [5, 5.41) is 3.28. The Morgan fingerprint density at radius 1 is 0.968 bits per heavy atom. The van der Waals surface area contributed by atoms with Crippen molar-refractivity contribution in [3.8, 4) is 22.4 Å². The van der Waals surface area contributed by atoms with Crippen LogP contribution in [0.5, 0.6) is 0 Å². The number of rotatable bonds is 7. The lowest BCUT2D eigenvalue weighted by molar-refractivity contribution is 0.628. The molecule has 5 nitrogen and oxygen atoms in total. The SMILES string of the molecule is Cn1c(NCCSc2ccccc2)nc(-c2ccncc2)c(-c2ccc(F)cc2)c1=O. The fraction of sp³-hybridized carbons (Fsp3) is 0.125. The number of nitrogens with zero attached hydrogens (tertiary/aromatic N) is 3. The van der Waals surface area contributed by atoms with Crippen molar-refractivity contribution >= 4 is 17.7 Å². The third-order valence-electron chi connectivity index (χ3n) is 4.77. The quantitative estimate of drug-likeness (QED) is 0.334. The van der Waals surface area contributed by atoms with E-state index in [2.05, 4.69) is 22.4 Å². The number of thioether (sulfide) groups is 1. The second-order valence-electron chi connectivity index (χ2n) is 6.85. The average Bonchev–Trinajstić information content (AvgIpc) is 2.81. The predicted molar refractivity (Wildman–Crippen MR) is 124 cm³/mol. The van der Waals surface area contributed by atoms with Gasteiger partial charge in [0.05, 0.1) is 11.3 Å². The van der Waals surface area contributed by atoms with Crippen LogP contribution in [0.15, 0.2) is 88.8 Å². The normalized spacial score (nSPS) is 10.8. The molecular weight excluding hydrogens is 411 g/mol. The molecule has 0 spiro atoms. The fourth-order valence-corrected chi connectivity index (χ4v) is 3.99. The van der Waals surface area contributed by atoms with Gasteiger partial charge in [-0.1, -0.05) is 30.3 Å². The summed E-state index contributed by atoms with van der Waals surface area (Å²) >= 11 is 1.73. The first-order valence-corrected chi connectivity index (χ1v) is 10.8. The van der Waals surface area contributed by atoms with E-state index in [-0.39, 0.29) is 11.4 Å². The molecule has 4 aromatic rings. The van der Waals surface area contributed by atoms with Gasteiger partial charge in [0, 0.05) is 42.2 Å². The molecule has 0 aliphatic carbocycles. The summed E-state index contributed by atoms with van der Waals surface area (Å²) in [4.78, 5) is 23.3. The Labute approximate surface area is 184 Å². The molecule has 1 N–H and O–H groups in total. The number of aromatic nitrogens is 3. The van der Waals surface area contributed by atoms with Crippen molar-refractivity contribution in [3.63, 3.8) is 0 Å². The molecule has 0 fully saturated rings. The second kappa shape index (κ2) is 9.57. The van der Waals surface area contributed by atoms with Gasteiger partial charge in [-0.15, -0.1) is 11.8 Å². The Hall–Kier alpha value is -3.45. The standard InChI is InChI=1S/C24H21FN4OS/c1-29-23(30)21(17-7-9-19(25)10-8-17)22(18-11-13-26-14-12-18)28-24(29)27-15-16-31-20-5-3-2-4-6-20/h2-14H,15-16H2,1H3,(H,27,28). The van der Waals surface area contributed by atoms with Crippen molar-refractivity contribution in [1.82, 2.24) is 14.5 Å². The summed E-state index contributed by atoms with van der Waals surface area (Å²) in [6.45, 7) is 0.644. The molecular formula is C24H21FN4OS. The Bertz CT molecular complexity index is 1210. The van der Waals surface area contributed by atoms with Crippen molar-refractivity contribution in [2.24, 2.45) is 7.05 Å². The molecule has 0 aliphatic heterocycles. The van der Waals surface area contributed by atoms with Crippen molar-refractivity contribution in [1.29, 1.82) is 0 Å². The van der Waals surface area contributed by atoms with Gasteiger partial charge in [0.15, 0.2) is 0 Å². The summed E-state index contributed by atoms with van der Waals surface area (Å²) in [5.41, 5.74) is 2.15. The monoisotopic (exact) mass is 432 g/mol. The molecule has 0 unspecified atom stereocenters. The third-order valence-corrected chi connectivity index (χ3v) is 5.79. The van der Waals surface area contributed by atoms with Gasteiger partial charge in [0.25, 0.3) is 5.56 Å². The van der Waals surface area contributed by atoms with Gasteiger partial charge in [-0.05, 0) is 42.0 Å². The molecule has 0 saturated carbocycles. The van der Waals surface area contributed by atoms with Gasteiger partial charge in [-0.25, -0.2) is 9.37 Å². The molecule has 0 radical (unpaired) electrons. The maximum absolute atomic E-state index is 13.4. The van der Waals surface area contributed by atoms with E-state index in [9.17, 15) is 9.18 Å². The minimum absolute atomic E-state index is 0.202. The molecule has 2 aromatic heterocycles. The van der Waals surface area contributed by atoms with E-state index < -0.39 is 0 Å². The van der Waals surface area contributed by atoms with E-state index in [1.807, 2.05) is 30.3 Å². The highest BCUT2D eigenvalue weighted by molar-refractivity contribution is 7.99. The van der Waals surface area contributed by atoms with Gasteiger partial charge in [0.2, 0.25) is 5.95 Å². The summed E-state index contributed by atoms with van der Waals surface area (Å²) < 4.78 is 14.9. The second-order valence-corrected chi connectivity index (χ2v) is 8.02. The molecule has 2 aromatic carbocycles. The predicted octanol–water partition coefficient (Wildman–Crippen LogP) is 4.85. The molecule has 2 heterocycles. The first-order chi connectivity index (χ1) is 15.1. The van der Waals surface area contributed by atoms with Crippen molar-refractivity contribution < 1.29 is 4.39 Å². The highest BCUT2D eigenvalue weighted by Gasteiger charge is 2.18. The maximum atomic E-state index is 13.4. The number of anilines is 1. The molecule has 0 bridgehead atoms. The largest absolute Gasteiger partial charge is 0.355 e. The van der Waals surface area contributed by atoms with Crippen LogP contribution in [0.25, 0.3) is 22.4 Å². The van der Waals surface area contributed by atoms with Gasteiger partial charge < -0.3 is 5.32 Å². The van der Waals surface area contributed by atoms with Gasteiger partial charge in [-0.3, -0.25) is 14.3 Å². The number of halogens is 1. The zero-order chi connectivity index (χ0) is 21.6. The highest BCUT2D eigenvalue weighted by atomic mass is 32.2. The molecule has 0 aliphatic rings. The van der Waals surface area contributed by atoms with Crippen molar-refractivity contribution in [2.75, 3.05) is 17.6 Å². The van der Waals surface area contributed by atoms with Crippen LogP contribution in [0.4, 0.5) is 10.3 Å². The van der Waals surface area contributed by atoms with Crippen LogP contribution in [0.1, 0.15) is 0 Å². The van der Waals surface area contributed by atoms with Crippen LogP contribution in [0.2, 0.25) is 0 Å². The minimum Gasteiger partial charge on any atom is -0.355 e. The lowest BCUT2D eigenvalue weighted by atomic mass is 10.0.